The van der Waals surface area contributed by atoms with Crippen LogP contribution in [-0.4, -0.2) is 38.6 Å². The van der Waals surface area contributed by atoms with Crippen molar-refractivity contribution in [2.24, 2.45) is 5.73 Å². The third kappa shape index (κ3) is 7.44. The lowest BCUT2D eigenvalue weighted by atomic mass is 9.88. The van der Waals surface area contributed by atoms with Gasteiger partial charge in [-0.05, 0) is 79.8 Å². The van der Waals surface area contributed by atoms with E-state index in [1.165, 1.54) is 24.3 Å². The second-order valence-electron chi connectivity index (χ2n) is 12.2. The average molecular weight is 628 g/mol. The minimum Gasteiger partial charge on any atom is -0.464 e. The maximum Gasteiger partial charge on any atom is 0.339 e. The number of nitrogens with two attached hydrogens (primary N) is 1. The van der Waals surface area contributed by atoms with Crippen molar-refractivity contribution in [2.45, 2.75) is 62.5 Å². The molecule has 0 aromatic heterocycles. The van der Waals surface area contributed by atoms with Gasteiger partial charge >= 0.3 is 22.1 Å². The van der Waals surface area contributed by atoms with Gasteiger partial charge in [-0.1, -0.05) is 78.4 Å². The van der Waals surface area contributed by atoms with Gasteiger partial charge in [-0.2, -0.15) is 8.42 Å². The lowest BCUT2D eigenvalue weighted by Crippen LogP contribution is -2.40. The lowest BCUT2D eigenvalue weighted by Gasteiger charge is -2.26. The van der Waals surface area contributed by atoms with E-state index in [0.29, 0.717) is 5.56 Å². The molecule has 45 heavy (non-hydrogen) atoms. The van der Waals surface area contributed by atoms with Gasteiger partial charge in [-0.25, -0.2) is 0 Å². The molecule has 4 aromatic carbocycles. The molecule has 0 heterocycles. The molecule has 8 nitrogen and oxygen atoms in total. The van der Waals surface area contributed by atoms with Crippen LogP contribution in [0.1, 0.15) is 61.3 Å². The van der Waals surface area contributed by atoms with Crippen LogP contribution in [0.2, 0.25) is 0 Å². The van der Waals surface area contributed by atoms with E-state index in [9.17, 15) is 18.0 Å². The van der Waals surface area contributed by atoms with Crippen molar-refractivity contribution >= 4 is 22.1 Å². The summed E-state index contributed by atoms with van der Waals surface area (Å²) in [5.41, 5.74) is 11.4. The van der Waals surface area contributed by atoms with Gasteiger partial charge in [0.25, 0.3) is 0 Å². The quantitative estimate of drug-likeness (QED) is 0.162. The fourth-order valence-electron chi connectivity index (χ4n) is 5.56. The summed E-state index contributed by atoms with van der Waals surface area (Å²) in [5.74, 6) is -2.29. The summed E-state index contributed by atoms with van der Waals surface area (Å²) in [4.78, 5) is 26.5. The summed E-state index contributed by atoms with van der Waals surface area (Å²) in [6.07, 6.45) is -0.239. The molecule has 0 saturated heterocycles. The van der Waals surface area contributed by atoms with E-state index in [4.69, 9.17) is 19.4 Å². The Morgan fingerprint density at radius 3 is 2.04 bits per heavy atom. The Hall–Kier alpha value is -4.47. The summed E-state index contributed by atoms with van der Waals surface area (Å²) in [6, 6.07) is 27.2. The molecule has 0 fully saturated rings. The van der Waals surface area contributed by atoms with Gasteiger partial charge in [-0.15, -0.1) is 0 Å². The normalized spacial score (nSPS) is 14.2. The molecule has 2 N–H and O–H groups in total. The molecule has 5 rings (SSSR count). The average Bonchev–Trinajstić information content (AvgIpc) is 3.31. The standard InChI is InChI=1S/C36H37NO7S/c1-23-16-18-26(19-17-23)45(40,41)44-25-11-9-10-24(20-25)31(21-33(38)43-36(2,3)4)34(37)35(39)42-22-32-29-14-7-5-12-27(29)28-13-6-8-15-30(28)32/h5-20,31-32,34H,21-22,37H2,1-4H3. The van der Waals surface area contributed by atoms with Crippen LogP contribution < -0.4 is 9.92 Å². The highest BCUT2D eigenvalue weighted by Gasteiger charge is 2.34. The fourth-order valence-corrected chi connectivity index (χ4v) is 6.48. The number of rotatable bonds is 10. The summed E-state index contributed by atoms with van der Waals surface area (Å²) in [5, 5.41) is 0. The van der Waals surface area contributed by atoms with Gasteiger partial charge in [-0.3, -0.25) is 9.59 Å². The second-order valence-corrected chi connectivity index (χ2v) is 13.7. The van der Waals surface area contributed by atoms with Crippen LogP contribution in [0.4, 0.5) is 0 Å². The number of carbonyl (C=O) groups excluding carboxylic acids is 2. The van der Waals surface area contributed by atoms with Crippen molar-refractivity contribution in [2.75, 3.05) is 6.61 Å². The Morgan fingerprint density at radius 2 is 1.44 bits per heavy atom. The van der Waals surface area contributed by atoms with Crippen LogP contribution in [0.15, 0.2) is 102 Å². The van der Waals surface area contributed by atoms with Crippen molar-refractivity contribution in [3.05, 3.63) is 119 Å². The van der Waals surface area contributed by atoms with Crippen molar-refractivity contribution in [1.29, 1.82) is 0 Å². The van der Waals surface area contributed by atoms with Gasteiger partial charge in [0.2, 0.25) is 0 Å². The summed E-state index contributed by atoms with van der Waals surface area (Å²) in [7, 11) is -4.14. The van der Waals surface area contributed by atoms with Crippen molar-refractivity contribution in [3.8, 4) is 16.9 Å². The molecule has 2 unspecified atom stereocenters. The number of hydrogen-bond acceptors (Lipinski definition) is 8. The lowest BCUT2D eigenvalue weighted by molar-refractivity contribution is -0.156. The first kappa shape index (κ1) is 31.9. The Bertz CT molecular complexity index is 1760. The number of benzene rings is 4. The SMILES string of the molecule is Cc1ccc(S(=O)(=O)Oc2cccc(C(CC(=O)OC(C)(C)C)C(N)C(=O)OCC3c4ccccc4-c4ccccc43)c2)cc1. The number of ether oxygens (including phenoxy) is 2. The molecule has 0 aliphatic heterocycles. The van der Waals surface area contributed by atoms with E-state index < -0.39 is 39.6 Å². The third-order valence-electron chi connectivity index (χ3n) is 7.67. The third-order valence-corrected chi connectivity index (χ3v) is 8.93. The molecular formula is C36H37NO7S. The monoisotopic (exact) mass is 627 g/mol. The largest absolute Gasteiger partial charge is 0.464 e. The first-order chi connectivity index (χ1) is 21.3. The van der Waals surface area contributed by atoms with E-state index in [1.54, 1.807) is 45.0 Å². The number of fused-ring (bicyclic) bond motifs is 3. The van der Waals surface area contributed by atoms with Crippen LogP contribution in [0, 0.1) is 6.92 Å². The topological polar surface area (TPSA) is 122 Å². The van der Waals surface area contributed by atoms with E-state index in [0.717, 1.165) is 27.8 Å². The molecule has 0 radical (unpaired) electrons. The Kier molecular flexibility index (Phi) is 9.13. The highest BCUT2D eigenvalue weighted by molar-refractivity contribution is 7.87. The molecule has 0 amide bonds. The first-order valence-electron chi connectivity index (χ1n) is 14.8. The predicted molar refractivity (Wildman–Crippen MR) is 171 cm³/mol. The number of carbonyl (C=O) groups is 2. The van der Waals surface area contributed by atoms with Crippen molar-refractivity contribution in [1.82, 2.24) is 0 Å². The molecule has 0 saturated carbocycles. The zero-order chi connectivity index (χ0) is 32.4. The van der Waals surface area contributed by atoms with E-state index in [-0.39, 0.29) is 29.6 Å². The van der Waals surface area contributed by atoms with Gasteiger partial charge in [0.15, 0.2) is 0 Å². The van der Waals surface area contributed by atoms with E-state index in [1.807, 2.05) is 55.5 Å². The minimum absolute atomic E-state index is 0.000790. The molecule has 0 spiro atoms. The minimum atomic E-state index is -4.14. The van der Waals surface area contributed by atoms with E-state index in [2.05, 4.69) is 0 Å². The molecule has 234 valence electrons. The zero-order valence-electron chi connectivity index (χ0n) is 25.7. The predicted octanol–water partition coefficient (Wildman–Crippen LogP) is 6.26. The molecule has 4 aromatic rings. The van der Waals surface area contributed by atoms with Crippen LogP contribution in [0.3, 0.4) is 0 Å². The molecule has 2 atom stereocenters. The number of aryl methyl sites for hydroxylation is 1. The maximum atomic E-state index is 13.5. The van der Waals surface area contributed by atoms with Gasteiger partial charge < -0.3 is 19.4 Å². The van der Waals surface area contributed by atoms with Gasteiger partial charge in [0, 0.05) is 11.8 Å². The van der Waals surface area contributed by atoms with Crippen molar-refractivity contribution in [3.63, 3.8) is 0 Å². The molecule has 0 bridgehead atoms. The highest BCUT2D eigenvalue weighted by atomic mass is 32.2. The molecule has 1 aliphatic carbocycles. The molecular weight excluding hydrogens is 590 g/mol. The zero-order valence-corrected chi connectivity index (χ0v) is 26.5. The van der Waals surface area contributed by atoms with Crippen molar-refractivity contribution < 1.29 is 31.7 Å². The van der Waals surface area contributed by atoms with Gasteiger partial charge in [0.1, 0.15) is 28.9 Å². The van der Waals surface area contributed by atoms with Crippen LogP contribution in [-0.2, 0) is 29.2 Å². The maximum absolute atomic E-state index is 13.5. The van der Waals surface area contributed by atoms with Crippen LogP contribution >= 0.6 is 0 Å². The van der Waals surface area contributed by atoms with Crippen LogP contribution in [0.25, 0.3) is 11.1 Å². The fraction of sp³-hybridized carbons (Fsp3) is 0.278. The van der Waals surface area contributed by atoms with Gasteiger partial charge in [0.05, 0.1) is 6.42 Å². The Labute approximate surface area is 264 Å². The first-order valence-corrected chi connectivity index (χ1v) is 16.2. The van der Waals surface area contributed by atoms with E-state index >= 15 is 0 Å². The Balaban J connectivity index is 1.38. The second kappa shape index (κ2) is 12.9. The summed E-state index contributed by atoms with van der Waals surface area (Å²) in [6.45, 7) is 7.16. The summed E-state index contributed by atoms with van der Waals surface area (Å²) >= 11 is 0. The summed E-state index contributed by atoms with van der Waals surface area (Å²) < 4.78 is 42.7. The van der Waals surface area contributed by atoms with Crippen LogP contribution in [0.5, 0.6) is 5.75 Å². The molecule has 9 heteroatoms. The molecule has 1 aliphatic rings. The highest BCUT2D eigenvalue weighted by Crippen LogP contribution is 2.44. The smallest absolute Gasteiger partial charge is 0.339 e. The Morgan fingerprint density at radius 1 is 0.844 bits per heavy atom. The number of esters is 2. The number of hydrogen-bond donors (Lipinski definition) is 1.